The molecular weight excluding hydrogens is 266 g/mol. The quantitative estimate of drug-likeness (QED) is 0.856. The summed E-state index contributed by atoms with van der Waals surface area (Å²) in [6, 6.07) is 0. The third kappa shape index (κ3) is 3.64. The second-order valence-corrected chi connectivity index (χ2v) is 6.36. The van der Waals surface area contributed by atoms with Gasteiger partial charge in [-0.05, 0) is 50.5 Å². The first kappa shape index (κ1) is 14.6. The van der Waals surface area contributed by atoms with Crippen LogP contribution in [0.5, 0.6) is 0 Å². The molecule has 0 N–H and O–H groups in total. The van der Waals surface area contributed by atoms with Crippen LogP contribution in [0.25, 0.3) is 0 Å². The van der Waals surface area contributed by atoms with Gasteiger partial charge in [0.1, 0.15) is 6.10 Å². The Morgan fingerprint density at radius 1 is 1.33 bits per heavy atom. The first-order valence-corrected chi connectivity index (χ1v) is 8.12. The highest BCUT2D eigenvalue weighted by Gasteiger charge is 2.29. The Morgan fingerprint density at radius 2 is 2.14 bits per heavy atom. The van der Waals surface area contributed by atoms with Crippen LogP contribution in [-0.2, 0) is 16.1 Å². The number of nitrogens with zero attached hydrogens (tertiary/aromatic N) is 3. The van der Waals surface area contributed by atoms with Crippen LogP contribution < -0.4 is 0 Å². The zero-order valence-electron chi connectivity index (χ0n) is 12.8. The summed E-state index contributed by atoms with van der Waals surface area (Å²) in [5, 5.41) is 4.35. The minimum Gasteiger partial charge on any atom is -0.368 e. The smallest absolute Gasteiger partial charge is 0.251 e. The molecule has 1 atom stereocenters. The van der Waals surface area contributed by atoms with E-state index < -0.39 is 0 Å². The number of hydrogen-bond acceptors (Lipinski definition) is 3. The average Bonchev–Trinajstić information content (AvgIpc) is 2.93. The van der Waals surface area contributed by atoms with Crippen LogP contribution >= 0.6 is 0 Å². The molecule has 0 aliphatic carbocycles. The van der Waals surface area contributed by atoms with E-state index in [0.717, 1.165) is 58.3 Å². The van der Waals surface area contributed by atoms with Gasteiger partial charge in [0, 0.05) is 32.4 Å². The SMILES string of the molecule is Cc1cnn(CC2CCN(C(=O)[C@@H]3CCCCO3)CC2)c1. The minimum atomic E-state index is -0.177. The fraction of sp³-hybridized carbons (Fsp3) is 0.750. The van der Waals surface area contributed by atoms with Gasteiger partial charge in [-0.25, -0.2) is 0 Å². The molecule has 5 heteroatoms. The zero-order chi connectivity index (χ0) is 14.7. The van der Waals surface area contributed by atoms with Crippen LogP contribution in [0.4, 0.5) is 0 Å². The number of carbonyl (C=O) groups is 1. The number of amides is 1. The van der Waals surface area contributed by atoms with E-state index in [2.05, 4.69) is 18.2 Å². The normalized spacial score (nSPS) is 24.2. The van der Waals surface area contributed by atoms with E-state index in [9.17, 15) is 4.79 Å². The lowest BCUT2D eigenvalue weighted by Crippen LogP contribution is -2.46. The van der Waals surface area contributed by atoms with Crippen molar-refractivity contribution in [1.29, 1.82) is 0 Å². The van der Waals surface area contributed by atoms with Gasteiger partial charge in [0.05, 0.1) is 6.20 Å². The Bertz CT molecular complexity index is 472. The van der Waals surface area contributed by atoms with Gasteiger partial charge in [-0.1, -0.05) is 0 Å². The molecule has 1 aromatic rings. The summed E-state index contributed by atoms with van der Waals surface area (Å²) in [6.45, 7) is 5.50. The number of rotatable bonds is 3. The van der Waals surface area contributed by atoms with E-state index in [-0.39, 0.29) is 12.0 Å². The summed E-state index contributed by atoms with van der Waals surface area (Å²) in [5.74, 6) is 0.837. The number of ether oxygens (including phenoxy) is 1. The fourth-order valence-corrected chi connectivity index (χ4v) is 3.31. The summed E-state index contributed by atoms with van der Waals surface area (Å²) in [6.07, 6.45) is 9.05. The molecule has 0 spiro atoms. The van der Waals surface area contributed by atoms with Crippen molar-refractivity contribution in [3.05, 3.63) is 18.0 Å². The van der Waals surface area contributed by atoms with Gasteiger partial charge in [-0.2, -0.15) is 5.10 Å². The van der Waals surface area contributed by atoms with E-state index >= 15 is 0 Å². The Balaban J connectivity index is 1.47. The van der Waals surface area contributed by atoms with Gasteiger partial charge in [-0.15, -0.1) is 0 Å². The number of hydrogen-bond donors (Lipinski definition) is 0. The van der Waals surface area contributed by atoms with Crippen LogP contribution in [0.15, 0.2) is 12.4 Å². The standard InChI is InChI=1S/C16H25N3O2/c1-13-10-17-19(11-13)12-14-5-7-18(8-6-14)16(20)15-4-2-3-9-21-15/h10-11,14-15H,2-9,12H2,1H3/t15-/m0/s1. The van der Waals surface area contributed by atoms with E-state index in [0.29, 0.717) is 5.92 Å². The number of aryl methyl sites for hydroxylation is 1. The summed E-state index contributed by atoms with van der Waals surface area (Å²) < 4.78 is 7.64. The molecule has 0 aromatic carbocycles. The van der Waals surface area contributed by atoms with Gasteiger partial charge in [0.15, 0.2) is 0 Å². The van der Waals surface area contributed by atoms with Gasteiger partial charge >= 0.3 is 0 Å². The van der Waals surface area contributed by atoms with Crippen molar-refractivity contribution in [2.24, 2.45) is 5.92 Å². The maximum absolute atomic E-state index is 12.4. The lowest BCUT2D eigenvalue weighted by Gasteiger charge is -2.35. The van der Waals surface area contributed by atoms with E-state index in [1.807, 2.05) is 15.8 Å². The number of piperidine rings is 1. The lowest BCUT2D eigenvalue weighted by molar-refractivity contribution is -0.148. The summed E-state index contributed by atoms with van der Waals surface area (Å²) in [4.78, 5) is 14.4. The van der Waals surface area contributed by atoms with Crippen molar-refractivity contribution in [1.82, 2.24) is 14.7 Å². The first-order chi connectivity index (χ1) is 10.2. The fourth-order valence-electron chi connectivity index (χ4n) is 3.31. The van der Waals surface area contributed by atoms with Crippen LogP contribution in [0, 0.1) is 12.8 Å². The molecule has 5 nitrogen and oxygen atoms in total. The Morgan fingerprint density at radius 3 is 2.76 bits per heavy atom. The Labute approximate surface area is 126 Å². The van der Waals surface area contributed by atoms with Crippen molar-refractivity contribution < 1.29 is 9.53 Å². The predicted octanol–water partition coefficient (Wildman–Crippen LogP) is 2.00. The van der Waals surface area contributed by atoms with Crippen molar-refractivity contribution in [3.8, 4) is 0 Å². The molecule has 0 bridgehead atoms. The molecule has 3 heterocycles. The van der Waals surface area contributed by atoms with Gasteiger partial charge in [0.25, 0.3) is 5.91 Å². The second kappa shape index (κ2) is 6.60. The largest absolute Gasteiger partial charge is 0.368 e. The molecule has 0 radical (unpaired) electrons. The number of likely N-dealkylation sites (tertiary alicyclic amines) is 1. The van der Waals surface area contributed by atoms with Gasteiger partial charge < -0.3 is 9.64 Å². The summed E-state index contributed by atoms with van der Waals surface area (Å²) >= 11 is 0. The van der Waals surface area contributed by atoms with Gasteiger partial charge in [0.2, 0.25) is 0 Å². The number of aromatic nitrogens is 2. The molecule has 0 saturated carbocycles. The molecule has 0 unspecified atom stereocenters. The van der Waals surface area contributed by atoms with Crippen LogP contribution in [0.1, 0.15) is 37.7 Å². The lowest BCUT2D eigenvalue weighted by atomic mass is 9.96. The molecule has 3 rings (SSSR count). The van der Waals surface area contributed by atoms with Crippen molar-refractivity contribution in [2.75, 3.05) is 19.7 Å². The summed E-state index contributed by atoms with van der Waals surface area (Å²) in [5.41, 5.74) is 1.21. The van der Waals surface area contributed by atoms with Gasteiger partial charge in [-0.3, -0.25) is 9.48 Å². The van der Waals surface area contributed by atoms with E-state index in [1.165, 1.54) is 5.56 Å². The third-order valence-corrected chi connectivity index (χ3v) is 4.59. The molecule has 2 fully saturated rings. The molecule has 1 aromatic heterocycles. The topological polar surface area (TPSA) is 47.4 Å². The molecule has 2 saturated heterocycles. The predicted molar refractivity (Wildman–Crippen MR) is 79.9 cm³/mol. The summed E-state index contributed by atoms with van der Waals surface area (Å²) in [7, 11) is 0. The third-order valence-electron chi connectivity index (χ3n) is 4.59. The van der Waals surface area contributed by atoms with Crippen molar-refractivity contribution in [3.63, 3.8) is 0 Å². The van der Waals surface area contributed by atoms with Crippen LogP contribution in [-0.4, -0.2) is 46.4 Å². The van der Waals surface area contributed by atoms with Crippen molar-refractivity contribution in [2.45, 2.75) is 51.7 Å². The minimum absolute atomic E-state index is 0.177. The second-order valence-electron chi connectivity index (χ2n) is 6.36. The monoisotopic (exact) mass is 291 g/mol. The van der Waals surface area contributed by atoms with Crippen molar-refractivity contribution >= 4 is 5.91 Å². The molecule has 116 valence electrons. The van der Waals surface area contributed by atoms with E-state index in [1.54, 1.807) is 0 Å². The first-order valence-electron chi connectivity index (χ1n) is 8.12. The maximum Gasteiger partial charge on any atom is 0.251 e. The Kier molecular flexibility index (Phi) is 4.58. The number of carbonyl (C=O) groups excluding carboxylic acids is 1. The maximum atomic E-state index is 12.4. The highest BCUT2D eigenvalue weighted by molar-refractivity contribution is 5.81. The highest BCUT2D eigenvalue weighted by Crippen LogP contribution is 2.22. The zero-order valence-corrected chi connectivity index (χ0v) is 12.8. The molecule has 2 aliphatic heterocycles. The molecule has 2 aliphatic rings. The Hall–Kier alpha value is -1.36. The molecule has 1 amide bonds. The highest BCUT2D eigenvalue weighted by atomic mass is 16.5. The molecular formula is C16H25N3O2. The average molecular weight is 291 g/mol. The van der Waals surface area contributed by atoms with E-state index in [4.69, 9.17) is 4.74 Å². The molecule has 21 heavy (non-hydrogen) atoms. The van der Waals surface area contributed by atoms with Crippen LogP contribution in [0.3, 0.4) is 0 Å². The van der Waals surface area contributed by atoms with Crippen LogP contribution in [0.2, 0.25) is 0 Å².